The second kappa shape index (κ2) is 6.96. The highest BCUT2D eigenvalue weighted by molar-refractivity contribution is 5.99. The molecule has 0 aromatic heterocycles. The van der Waals surface area contributed by atoms with Gasteiger partial charge >= 0.3 is 5.97 Å². The Morgan fingerprint density at radius 3 is 2.38 bits per heavy atom. The van der Waals surface area contributed by atoms with Crippen molar-refractivity contribution in [3.63, 3.8) is 0 Å². The van der Waals surface area contributed by atoms with Gasteiger partial charge in [-0.3, -0.25) is 9.59 Å². The van der Waals surface area contributed by atoms with Crippen LogP contribution in [0.15, 0.2) is 72.8 Å². The average Bonchev–Trinajstić information content (AvgIpc) is 3.05. The molecular weight excluding hydrogens is 324 g/mol. The van der Waals surface area contributed by atoms with Gasteiger partial charge in [0.15, 0.2) is 12.4 Å². The van der Waals surface area contributed by atoms with Gasteiger partial charge in [0.25, 0.3) is 0 Å². The molecule has 0 N–H and O–H groups in total. The first kappa shape index (κ1) is 16.3. The Morgan fingerprint density at radius 1 is 0.808 bits per heavy atom. The van der Waals surface area contributed by atoms with Crippen LogP contribution in [0.3, 0.4) is 0 Å². The van der Waals surface area contributed by atoms with Crippen LogP contribution in [0.25, 0.3) is 11.1 Å². The molecule has 0 fully saturated rings. The predicted molar refractivity (Wildman–Crippen MR) is 100 cm³/mol. The molecule has 4 rings (SSSR count). The lowest BCUT2D eigenvalue weighted by Gasteiger charge is -2.07. The first-order valence-corrected chi connectivity index (χ1v) is 8.64. The minimum Gasteiger partial charge on any atom is -0.457 e. The summed E-state index contributed by atoms with van der Waals surface area (Å²) in [6.07, 6.45) is 1.07. The van der Waals surface area contributed by atoms with Gasteiger partial charge in [0.2, 0.25) is 0 Å². The molecule has 0 saturated carbocycles. The molecule has 0 radical (unpaired) electrons. The number of hydrogen-bond acceptors (Lipinski definition) is 3. The molecule has 128 valence electrons. The topological polar surface area (TPSA) is 43.4 Å². The second-order valence-electron chi connectivity index (χ2n) is 6.45. The number of Topliss-reactive ketones (excluding diaryl/α,β-unsaturated/α-hetero) is 1. The summed E-state index contributed by atoms with van der Waals surface area (Å²) in [5.41, 5.74) is 6.23. The van der Waals surface area contributed by atoms with Crippen LogP contribution in [-0.4, -0.2) is 18.4 Å². The van der Waals surface area contributed by atoms with Crippen molar-refractivity contribution in [3.05, 3.63) is 95.1 Å². The Morgan fingerprint density at radius 2 is 1.54 bits per heavy atom. The number of hydrogen-bond donors (Lipinski definition) is 0. The van der Waals surface area contributed by atoms with Crippen LogP contribution in [0.1, 0.15) is 27.0 Å². The zero-order chi connectivity index (χ0) is 17.9. The Balaban J connectivity index is 1.43. The molecule has 0 spiro atoms. The highest BCUT2D eigenvalue weighted by Gasteiger charge is 2.20. The Labute approximate surface area is 152 Å². The van der Waals surface area contributed by atoms with Crippen molar-refractivity contribution in [2.45, 2.75) is 12.8 Å². The zero-order valence-electron chi connectivity index (χ0n) is 14.3. The number of ketones is 1. The zero-order valence-corrected chi connectivity index (χ0v) is 14.3. The van der Waals surface area contributed by atoms with Crippen LogP contribution in [0, 0.1) is 0 Å². The van der Waals surface area contributed by atoms with Gasteiger partial charge in [-0.2, -0.15) is 0 Å². The molecule has 0 bridgehead atoms. The molecule has 1 aliphatic carbocycles. The Hall–Kier alpha value is -3.20. The third kappa shape index (κ3) is 3.29. The summed E-state index contributed by atoms with van der Waals surface area (Å²) in [6.45, 7) is -0.230. The van der Waals surface area contributed by atoms with E-state index in [1.807, 2.05) is 60.7 Å². The van der Waals surface area contributed by atoms with Crippen molar-refractivity contribution in [2.75, 3.05) is 6.61 Å². The first-order valence-electron chi connectivity index (χ1n) is 8.64. The summed E-state index contributed by atoms with van der Waals surface area (Å²) in [6, 6.07) is 23.3. The average molecular weight is 342 g/mol. The second-order valence-corrected chi connectivity index (χ2v) is 6.45. The van der Waals surface area contributed by atoms with Crippen LogP contribution in [0.5, 0.6) is 0 Å². The molecule has 0 unspecified atom stereocenters. The SMILES string of the molecule is O=C(Cc1ccccc1)OCC(=O)c1ccc2c(c1)-c1ccccc1C2. The van der Waals surface area contributed by atoms with Crippen LogP contribution >= 0.6 is 0 Å². The van der Waals surface area contributed by atoms with Crippen molar-refractivity contribution < 1.29 is 14.3 Å². The van der Waals surface area contributed by atoms with E-state index in [9.17, 15) is 9.59 Å². The maximum absolute atomic E-state index is 12.4. The number of carbonyl (C=O) groups is 2. The van der Waals surface area contributed by atoms with E-state index in [1.54, 1.807) is 0 Å². The lowest BCUT2D eigenvalue weighted by atomic mass is 10.0. The van der Waals surface area contributed by atoms with Crippen LogP contribution in [-0.2, 0) is 22.4 Å². The molecule has 3 aromatic carbocycles. The van der Waals surface area contributed by atoms with Gasteiger partial charge in [0, 0.05) is 5.56 Å². The standard InChI is InChI=1S/C23H18O3/c24-22(15-26-23(25)12-16-6-2-1-3-7-16)19-11-10-18-13-17-8-4-5-9-20(17)21(18)14-19/h1-11,14H,12-13,15H2. The van der Waals surface area contributed by atoms with E-state index in [-0.39, 0.29) is 18.8 Å². The summed E-state index contributed by atoms with van der Waals surface area (Å²) in [4.78, 5) is 24.4. The van der Waals surface area contributed by atoms with Gasteiger partial charge in [0.1, 0.15) is 0 Å². The monoisotopic (exact) mass is 342 g/mol. The molecule has 3 aromatic rings. The fourth-order valence-electron chi connectivity index (χ4n) is 3.34. The lowest BCUT2D eigenvalue weighted by molar-refractivity contribution is -0.141. The van der Waals surface area contributed by atoms with Crippen molar-refractivity contribution in [1.29, 1.82) is 0 Å². The molecule has 0 atom stereocenters. The number of fused-ring (bicyclic) bond motifs is 3. The number of rotatable bonds is 5. The Kier molecular flexibility index (Phi) is 4.36. The molecule has 3 heteroatoms. The predicted octanol–water partition coefficient (Wildman–Crippen LogP) is 4.23. The summed E-state index contributed by atoms with van der Waals surface area (Å²) in [7, 11) is 0. The number of carbonyl (C=O) groups excluding carboxylic acids is 2. The number of esters is 1. The van der Waals surface area contributed by atoms with Crippen molar-refractivity contribution >= 4 is 11.8 Å². The summed E-state index contributed by atoms with van der Waals surface area (Å²) in [5, 5.41) is 0. The highest BCUT2D eigenvalue weighted by atomic mass is 16.5. The maximum atomic E-state index is 12.4. The number of benzene rings is 3. The van der Waals surface area contributed by atoms with Gasteiger partial charge in [-0.25, -0.2) is 0 Å². The molecule has 0 amide bonds. The molecule has 3 nitrogen and oxygen atoms in total. The van der Waals surface area contributed by atoms with Gasteiger partial charge in [-0.05, 0) is 40.3 Å². The van der Waals surface area contributed by atoms with E-state index in [1.165, 1.54) is 16.7 Å². The normalized spacial score (nSPS) is 11.5. The fraction of sp³-hybridized carbons (Fsp3) is 0.130. The Bertz CT molecular complexity index is 974. The number of ether oxygens (including phenoxy) is 1. The summed E-state index contributed by atoms with van der Waals surface area (Å²) in [5.74, 6) is -0.574. The third-order valence-corrected chi connectivity index (χ3v) is 4.68. The fourth-order valence-corrected chi connectivity index (χ4v) is 3.34. The summed E-state index contributed by atoms with van der Waals surface area (Å²) < 4.78 is 5.16. The lowest BCUT2D eigenvalue weighted by Crippen LogP contribution is -2.15. The van der Waals surface area contributed by atoms with Gasteiger partial charge < -0.3 is 4.74 Å². The van der Waals surface area contributed by atoms with E-state index < -0.39 is 5.97 Å². The first-order chi connectivity index (χ1) is 12.7. The van der Waals surface area contributed by atoms with Crippen LogP contribution in [0.2, 0.25) is 0 Å². The van der Waals surface area contributed by atoms with Crippen molar-refractivity contribution in [2.24, 2.45) is 0 Å². The highest BCUT2D eigenvalue weighted by Crippen LogP contribution is 2.36. The van der Waals surface area contributed by atoms with Crippen molar-refractivity contribution in [1.82, 2.24) is 0 Å². The molecule has 1 aliphatic rings. The van der Waals surface area contributed by atoms with Crippen LogP contribution < -0.4 is 0 Å². The molecule has 0 aliphatic heterocycles. The molecule has 0 heterocycles. The van der Waals surface area contributed by atoms with Gasteiger partial charge in [-0.15, -0.1) is 0 Å². The quantitative estimate of drug-likeness (QED) is 0.403. The summed E-state index contributed by atoms with van der Waals surface area (Å²) >= 11 is 0. The third-order valence-electron chi connectivity index (χ3n) is 4.68. The molecular formula is C23H18O3. The van der Waals surface area contributed by atoms with E-state index in [2.05, 4.69) is 12.1 Å². The van der Waals surface area contributed by atoms with E-state index in [0.29, 0.717) is 5.56 Å². The smallest absolute Gasteiger partial charge is 0.310 e. The minimum absolute atomic E-state index is 0.172. The van der Waals surface area contributed by atoms with E-state index >= 15 is 0 Å². The van der Waals surface area contributed by atoms with E-state index in [4.69, 9.17) is 4.74 Å². The minimum atomic E-state index is -0.393. The molecule has 0 saturated heterocycles. The van der Waals surface area contributed by atoms with E-state index in [0.717, 1.165) is 17.5 Å². The maximum Gasteiger partial charge on any atom is 0.310 e. The van der Waals surface area contributed by atoms with Crippen molar-refractivity contribution in [3.8, 4) is 11.1 Å². The van der Waals surface area contributed by atoms with Gasteiger partial charge in [-0.1, -0.05) is 66.7 Å². The van der Waals surface area contributed by atoms with Gasteiger partial charge in [0.05, 0.1) is 6.42 Å². The molecule has 26 heavy (non-hydrogen) atoms. The van der Waals surface area contributed by atoms with Crippen LogP contribution in [0.4, 0.5) is 0 Å². The largest absolute Gasteiger partial charge is 0.457 e.